The minimum absolute atomic E-state index is 0.265. The Kier molecular flexibility index (Phi) is 10.1. The number of alkyl carbamates (subject to hydrolysis) is 2. The number of rotatable bonds is 7. The fraction of sp³-hybridized carbons (Fsp3) is 0.857. The summed E-state index contributed by atoms with van der Waals surface area (Å²) in [4.78, 5) is 23.4. The Morgan fingerprint density at radius 3 is 2.08 bits per heavy atom. The Morgan fingerprint density at radius 1 is 1.08 bits per heavy atom. The third-order valence-electron chi connectivity index (χ3n) is 2.64. The summed E-state index contributed by atoms with van der Waals surface area (Å²) < 4.78 is 13.4. The van der Waals surface area contributed by atoms with Crippen LogP contribution in [0.3, 0.4) is 0 Å². The smallest absolute Gasteiger partial charge is 0.409 e. The first-order valence-electron chi connectivity index (χ1n) is 7.38. The van der Waals surface area contributed by atoms with Gasteiger partial charge in [-0.05, 0) is 27.2 Å². The molecule has 0 spiro atoms. The number of alkyl halides is 3. The molecule has 0 fully saturated rings. The van der Waals surface area contributed by atoms with Crippen LogP contribution in [0.25, 0.3) is 0 Å². The van der Waals surface area contributed by atoms with E-state index in [1.54, 1.807) is 20.8 Å². The maximum atomic E-state index is 11.8. The summed E-state index contributed by atoms with van der Waals surface area (Å²) >= 11 is 16.5. The summed E-state index contributed by atoms with van der Waals surface area (Å²) in [5.74, 6) is 0. The molecule has 0 radical (unpaired) electrons. The molecule has 0 aliphatic rings. The van der Waals surface area contributed by atoms with Crippen molar-refractivity contribution in [1.82, 2.24) is 10.6 Å². The van der Waals surface area contributed by atoms with Gasteiger partial charge in [0.15, 0.2) is 0 Å². The molecule has 2 N–H and O–H groups in total. The fourth-order valence-corrected chi connectivity index (χ4v) is 1.76. The quantitative estimate of drug-likeness (QED) is 0.496. The Bertz CT molecular complexity index is 410. The van der Waals surface area contributed by atoms with Gasteiger partial charge in [0, 0.05) is 19.6 Å². The van der Waals surface area contributed by atoms with E-state index in [1.807, 2.05) is 6.92 Å². The lowest BCUT2D eigenvalue weighted by molar-refractivity contribution is 0.0378. The maximum absolute atomic E-state index is 11.8. The highest BCUT2D eigenvalue weighted by molar-refractivity contribution is 6.67. The maximum Gasteiger partial charge on any atom is 0.409 e. The van der Waals surface area contributed by atoms with E-state index in [0.29, 0.717) is 12.8 Å². The van der Waals surface area contributed by atoms with Gasteiger partial charge in [-0.1, -0.05) is 41.7 Å². The summed E-state index contributed by atoms with van der Waals surface area (Å²) in [5.41, 5.74) is -0.595. The summed E-state index contributed by atoms with van der Waals surface area (Å²) in [6.07, 6.45) is -1.09. The van der Waals surface area contributed by atoms with Crippen LogP contribution < -0.4 is 10.6 Å². The van der Waals surface area contributed by atoms with Crippen molar-refractivity contribution in [2.24, 2.45) is 0 Å². The van der Waals surface area contributed by atoms with Gasteiger partial charge in [0.05, 0.1) is 0 Å². The highest BCUT2D eigenvalue weighted by atomic mass is 35.6. The van der Waals surface area contributed by atoms with Crippen LogP contribution in [0.15, 0.2) is 0 Å². The van der Waals surface area contributed by atoms with Gasteiger partial charge in [-0.25, -0.2) is 9.59 Å². The molecule has 1 unspecified atom stereocenters. The molecule has 0 aliphatic carbocycles. The molecule has 10 heteroatoms. The molecule has 2 amide bonds. The zero-order valence-electron chi connectivity index (χ0n) is 14.5. The first kappa shape index (κ1) is 23.4. The summed E-state index contributed by atoms with van der Waals surface area (Å²) in [6.45, 7) is 6.80. The predicted molar refractivity (Wildman–Crippen MR) is 93.6 cm³/mol. The molecule has 0 aliphatic heterocycles. The molecule has 0 aromatic heterocycles. The lowest BCUT2D eigenvalue weighted by atomic mass is 10.1. The van der Waals surface area contributed by atoms with Crippen molar-refractivity contribution in [2.75, 3.05) is 13.7 Å². The predicted octanol–water partition coefficient (Wildman–Crippen LogP) is 3.75. The van der Waals surface area contributed by atoms with Gasteiger partial charge >= 0.3 is 12.2 Å². The van der Waals surface area contributed by atoms with Crippen molar-refractivity contribution < 1.29 is 23.8 Å². The zero-order chi connectivity index (χ0) is 19.0. The first-order valence-corrected chi connectivity index (χ1v) is 8.52. The number of hydrogen-bond donors (Lipinski definition) is 2. The normalized spacial score (nSPS) is 14.5. The lowest BCUT2D eigenvalue weighted by Crippen LogP contribution is -2.45. The third-order valence-corrected chi connectivity index (χ3v) is 2.97. The van der Waals surface area contributed by atoms with Gasteiger partial charge in [-0.3, -0.25) is 5.32 Å². The average molecular weight is 408 g/mol. The number of nitrogens with one attached hydrogen (secondary N) is 2. The van der Waals surface area contributed by atoms with Crippen LogP contribution >= 0.6 is 34.8 Å². The molecule has 0 saturated heterocycles. The van der Waals surface area contributed by atoms with Crippen molar-refractivity contribution in [3.8, 4) is 0 Å². The zero-order valence-corrected chi connectivity index (χ0v) is 16.7. The Hall–Kier alpha value is -0.630. The summed E-state index contributed by atoms with van der Waals surface area (Å²) in [7, 11) is 1.42. The van der Waals surface area contributed by atoms with Gasteiger partial charge in [-0.2, -0.15) is 0 Å². The fourth-order valence-electron chi connectivity index (χ4n) is 1.59. The van der Waals surface area contributed by atoms with E-state index in [-0.39, 0.29) is 6.04 Å². The summed E-state index contributed by atoms with van der Waals surface area (Å²) in [5, 5.41) is 5.20. The van der Waals surface area contributed by atoms with Gasteiger partial charge in [0.2, 0.25) is 3.79 Å². The largest absolute Gasteiger partial charge is 0.445 e. The van der Waals surface area contributed by atoms with Crippen LogP contribution in [-0.2, 0) is 14.2 Å². The number of carbonyl (C=O) groups excluding carboxylic acids is 2. The van der Waals surface area contributed by atoms with Crippen molar-refractivity contribution in [1.29, 1.82) is 0 Å². The second kappa shape index (κ2) is 10.4. The van der Waals surface area contributed by atoms with Crippen LogP contribution in [0.1, 0.15) is 40.5 Å². The van der Waals surface area contributed by atoms with E-state index in [0.717, 1.165) is 0 Å². The topological polar surface area (TPSA) is 85.9 Å². The number of ether oxygens (including phenoxy) is 3. The average Bonchev–Trinajstić information content (AvgIpc) is 2.40. The van der Waals surface area contributed by atoms with E-state index >= 15 is 0 Å². The Balaban J connectivity index is 4.45. The molecular formula is C14H25Cl3N2O5. The SMILES string of the molecule is CC[C@H](CC(NC(=O)OCC(Cl)(Cl)Cl)OC)NC(=O)OC(C)(C)C. The van der Waals surface area contributed by atoms with Crippen LogP contribution in [0, 0.1) is 0 Å². The molecule has 7 nitrogen and oxygen atoms in total. The highest BCUT2D eigenvalue weighted by Gasteiger charge is 2.25. The molecule has 2 atom stereocenters. The van der Waals surface area contributed by atoms with Crippen LogP contribution in [0.4, 0.5) is 9.59 Å². The van der Waals surface area contributed by atoms with Gasteiger partial charge in [0.25, 0.3) is 0 Å². The second-order valence-corrected chi connectivity index (χ2v) is 8.56. The molecule has 0 bridgehead atoms. The van der Waals surface area contributed by atoms with Crippen molar-refractivity contribution in [2.45, 2.75) is 62.2 Å². The van der Waals surface area contributed by atoms with Crippen molar-refractivity contribution in [3.63, 3.8) is 0 Å². The molecule has 0 rings (SSSR count). The minimum atomic E-state index is -1.69. The first-order chi connectivity index (χ1) is 10.9. The van der Waals surface area contributed by atoms with Crippen LogP contribution in [0.2, 0.25) is 0 Å². The molecule has 142 valence electrons. The Labute approximate surface area is 157 Å². The molecule has 0 heterocycles. The molecular weight excluding hydrogens is 383 g/mol. The standard InChI is InChI=1S/C14H25Cl3N2O5/c1-6-9(18-12(21)24-13(2,3)4)7-10(22-5)19-11(20)23-8-14(15,16)17/h9-10H,6-8H2,1-5H3,(H,18,21)(H,19,20)/t9-,10?/m1/s1. The minimum Gasteiger partial charge on any atom is -0.445 e. The van der Waals surface area contributed by atoms with Gasteiger partial charge in [-0.15, -0.1) is 0 Å². The Morgan fingerprint density at radius 2 is 1.67 bits per heavy atom. The van der Waals surface area contributed by atoms with Gasteiger partial charge < -0.3 is 19.5 Å². The van der Waals surface area contributed by atoms with Crippen LogP contribution in [0.5, 0.6) is 0 Å². The van der Waals surface area contributed by atoms with Crippen molar-refractivity contribution in [3.05, 3.63) is 0 Å². The number of carbonyl (C=O) groups is 2. The van der Waals surface area contributed by atoms with Gasteiger partial charge in [0.1, 0.15) is 18.4 Å². The number of methoxy groups -OCH3 is 1. The molecule has 0 aromatic carbocycles. The molecule has 0 saturated carbocycles. The van der Waals surface area contributed by atoms with E-state index in [9.17, 15) is 9.59 Å². The van der Waals surface area contributed by atoms with E-state index < -0.39 is 34.4 Å². The summed E-state index contributed by atoms with van der Waals surface area (Å²) in [6, 6.07) is -0.265. The lowest BCUT2D eigenvalue weighted by Gasteiger charge is -2.25. The molecule has 0 aromatic rings. The number of hydrogen-bond acceptors (Lipinski definition) is 5. The second-order valence-electron chi connectivity index (χ2n) is 6.05. The van der Waals surface area contributed by atoms with Crippen molar-refractivity contribution >= 4 is 47.0 Å². The monoisotopic (exact) mass is 406 g/mol. The van der Waals surface area contributed by atoms with Crippen LogP contribution in [-0.4, -0.2) is 47.6 Å². The highest BCUT2D eigenvalue weighted by Crippen LogP contribution is 2.25. The number of halogens is 3. The number of amides is 2. The third kappa shape index (κ3) is 12.8. The molecule has 24 heavy (non-hydrogen) atoms. The van der Waals surface area contributed by atoms with E-state index in [1.165, 1.54) is 7.11 Å². The van der Waals surface area contributed by atoms with E-state index in [2.05, 4.69) is 10.6 Å². The van der Waals surface area contributed by atoms with E-state index in [4.69, 9.17) is 49.0 Å².